The molecule has 2 aromatic carbocycles. The van der Waals surface area contributed by atoms with Crippen LogP contribution in [-0.4, -0.2) is 48.6 Å². The Morgan fingerprint density at radius 1 is 0.800 bits per heavy atom. The Morgan fingerprint density at radius 2 is 1.20 bits per heavy atom. The van der Waals surface area contributed by atoms with E-state index in [-0.39, 0.29) is 48.2 Å². The molecule has 0 unspecified atom stereocenters. The Morgan fingerprint density at radius 3 is 1.56 bits per heavy atom. The second-order valence-electron chi connectivity index (χ2n) is 11.1. The molecule has 0 bridgehead atoms. The van der Waals surface area contributed by atoms with Gasteiger partial charge in [0.1, 0.15) is 0 Å². The number of benzene rings is 2. The minimum Gasteiger partial charge on any atom is -0.425 e. The summed E-state index contributed by atoms with van der Waals surface area (Å²) in [5.74, 6) is -3.26. The van der Waals surface area contributed by atoms with Gasteiger partial charge in [0.15, 0.2) is 11.5 Å². The van der Waals surface area contributed by atoms with Gasteiger partial charge >= 0.3 is 11.9 Å². The molecule has 0 N–H and O–H groups in total. The molecule has 2 atom stereocenters. The predicted octanol–water partition coefficient (Wildman–Crippen LogP) is 7.79. The Kier molecular flexibility index (Phi) is 7.52. The van der Waals surface area contributed by atoms with Crippen LogP contribution in [-0.2, 0) is 19.2 Å². The second kappa shape index (κ2) is 12.5. The number of fused-ring (bicyclic) bond motifs is 6. The molecule has 0 saturated heterocycles. The fraction of sp³-hybridized carbons (Fsp3) is 0.394. The highest BCUT2D eigenvalue weighted by atomic mass is 35.5. The van der Waals surface area contributed by atoms with Crippen LogP contribution in [0.2, 0.25) is 0 Å². The molecule has 2 aromatic heterocycles. The van der Waals surface area contributed by atoms with E-state index in [0.717, 1.165) is 33.0 Å². The monoisotopic (exact) mass is 690 g/mol. The SMILES string of the molecule is [2H]C([2H])(CC([2H])([2H])C(=O)N1C[C@@H](CCl)c2c1cc(OC(C)=O)c1scc(C)c21)C(=O)N1C[C@@H](CCl)c2c1cc(OC(C)=O)c1scc(C)c21. The number of nitrogens with zero attached hydrogens (tertiary/aromatic N) is 2. The number of rotatable bonds is 8. The molecule has 8 nitrogen and oxygen atoms in total. The van der Waals surface area contributed by atoms with Crippen molar-refractivity contribution < 1.29 is 34.1 Å². The van der Waals surface area contributed by atoms with Gasteiger partial charge in [0.05, 0.1) is 20.8 Å². The maximum atomic E-state index is 14.1. The Balaban J connectivity index is 1.35. The fourth-order valence-electron chi connectivity index (χ4n) is 6.29. The summed E-state index contributed by atoms with van der Waals surface area (Å²) in [6.07, 6.45) is -6.77. The quantitative estimate of drug-likeness (QED) is 0.106. The first-order chi connectivity index (χ1) is 23.0. The number of halogens is 2. The molecule has 12 heteroatoms. The first-order valence-corrected chi connectivity index (χ1v) is 17.1. The number of esters is 2. The highest BCUT2D eigenvalue weighted by Gasteiger charge is 2.37. The summed E-state index contributed by atoms with van der Waals surface area (Å²) >= 11 is 15.5. The van der Waals surface area contributed by atoms with Gasteiger partial charge in [-0.25, -0.2) is 0 Å². The maximum Gasteiger partial charge on any atom is 0.308 e. The number of ether oxygens (including phenoxy) is 2. The normalized spacial score (nSPS) is 19.2. The molecule has 6 rings (SSSR count). The number of carbonyl (C=O) groups excluding carboxylic acids is 4. The number of hydrogen-bond donors (Lipinski definition) is 0. The van der Waals surface area contributed by atoms with E-state index in [0.29, 0.717) is 20.8 Å². The molecule has 2 aliphatic heterocycles. The zero-order chi connectivity index (χ0) is 35.7. The molecule has 45 heavy (non-hydrogen) atoms. The van der Waals surface area contributed by atoms with Crippen molar-refractivity contribution in [2.75, 3.05) is 34.6 Å². The zero-order valence-electron chi connectivity index (χ0n) is 28.9. The van der Waals surface area contributed by atoms with E-state index in [1.807, 2.05) is 24.6 Å². The lowest BCUT2D eigenvalue weighted by molar-refractivity contribution is -0.132. The van der Waals surface area contributed by atoms with Crippen LogP contribution in [0.5, 0.6) is 11.5 Å². The molecule has 0 fully saturated rings. The highest BCUT2D eigenvalue weighted by molar-refractivity contribution is 7.18. The molecule has 0 spiro atoms. The summed E-state index contributed by atoms with van der Waals surface area (Å²) < 4.78 is 47.7. The number of thiophene rings is 2. The molecule has 0 saturated carbocycles. The summed E-state index contributed by atoms with van der Waals surface area (Å²) in [7, 11) is 0. The van der Waals surface area contributed by atoms with E-state index < -0.39 is 42.9 Å². The van der Waals surface area contributed by atoms with Crippen LogP contribution in [0.1, 0.15) is 72.6 Å². The van der Waals surface area contributed by atoms with Gasteiger partial charge in [-0.1, -0.05) is 0 Å². The van der Waals surface area contributed by atoms with Gasteiger partial charge in [0.2, 0.25) is 11.8 Å². The third-order valence-electron chi connectivity index (χ3n) is 8.08. The van der Waals surface area contributed by atoms with Crippen molar-refractivity contribution in [1.82, 2.24) is 0 Å². The lowest BCUT2D eigenvalue weighted by Crippen LogP contribution is -2.32. The predicted molar refractivity (Wildman–Crippen MR) is 181 cm³/mol. The van der Waals surface area contributed by atoms with Gasteiger partial charge in [-0.2, -0.15) is 0 Å². The zero-order valence-corrected chi connectivity index (χ0v) is 28.1. The van der Waals surface area contributed by atoms with Crippen LogP contribution >= 0.6 is 45.9 Å². The van der Waals surface area contributed by atoms with Crippen molar-refractivity contribution in [3.8, 4) is 11.5 Å². The summed E-state index contributed by atoms with van der Waals surface area (Å²) in [5.41, 5.74) is 3.86. The molecule has 4 heterocycles. The summed E-state index contributed by atoms with van der Waals surface area (Å²) in [4.78, 5) is 54.4. The topological polar surface area (TPSA) is 93.2 Å². The maximum absolute atomic E-state index is 14.1. The number of hydrogen-bond acceptors (Lipinski definition) is 8. The van der Waals surface area contributed by atoms with Gasteiger partial charge in [0, 0.05) is 91.7 Å². The van der Waals surface area contributed by atoms with Crippen LogP contribution in [0.4, 0.5) is 11.4 Å². The van der Waals surface area contributed by atoms with Crippen LogP contribution < -0.4 is 19.3 Å². The minimum absolute atomic E-state index is 0.0217. The van der Waals surface area contributed by atoms with Crippen molar-refractivity contribution in [2.45, 2.75) is 58.7 Å². The van der Waals surface area contributed by atoms with Crippen molar-refractivity contribution in [1.29, 1.82) is 0 Å². The molecule has 4 aromatic rings. The van der Waals surface area contributed by atoms with Crippen LogP contribution in [0.15, 0.2) is 22.9 Å². The van der Waals surface area contributed by atoms with Crippen LogP contribution in [0, 0.1) is 13.8 Å². The molecular formula is C33H32Cl2N2O6S2. The number of anilines is 2. The van der Waals surface area contributed by atoms with E-state index in [2.05, 4.69) is 0 Å². The van der Waals surface area contributed by atoms with Gasteiger partial charge < -0.3 is 19.3 Å². The first kappa shape index (κ1) is 27.0. The third-order valence-corrected chi connectivity index (χ3v) is 11.0. The van der Waals surface area contributed by atoms with Gasteiger partial charge in [-0.3, -0.25) is 19.2 Å². The molecule has 236 valence electrons. The van der Waals surface area contributed by atoms with Crippen LogP contribution in [0.25, 0.3) is 20.2 Å². The van der Waals surface area contributed by atoms with Crippen molar-refractivity contribution in [3.05, 3.63) is 45.1 Å². The summed E-state index contributed by atoms with van der Waals surface area (Å²) in [5, 5.41) is 5.35. The summed E-state index contributed by atoms with van der Waals surface area (Å²) in [6.45, 7) is 6.34. The first-order valence-electron chi connectivity index (χ1n) is 16.2. The average molecular weight is 692 g/mol. The lowest BCUT2D eigenvalue weighted by Gasteiger charge is -2.20. The van der Waals surface area contributed by atoms with E-state index in [4.69, 9.17) is 38.2 Å². The fourth-order valence-corrected chi connectivity index (χ4v) is 8.83. The number of alkyl halides is 2. The third kappa shape index (κ3) is 5.60. The van der Waals surface area contributed by atoms with Gasteiger partial charge in [-0.15, -0.1) is 45.9 Å². The minimum atomic E-state index is -2.84. The molecular weight excluding hydrogens is 655 g/mol. The molecule has 0 aliphatic carbocycles. The molecule has 2 amide bonds. The number of aryl methyl sites for hydroxylation is 2. The van der Waals surface area contributed by atoms with Gasteiger partial charge in [-0.05, 0) is 53.3 Å². The standard InChI is InChI=1S/C33H32Cl2N2O6S2/c1-16-14-44-32-24(42-18(3)38)8-22-30(28(16)32)20(10-34)12-36(22)26(40)6-5-7-27(41)37-13-21(11-35)31-23(37)9-25(43-19(4)39)33-29(31)17(2)15-45-33/h8-9,14-15,20-21H,5-7,10-13H2,1-4H3/t20-,21-/m1/s1/i6D2,7D2. The Hall–Kier alpha value is -3.18. The van der Waals surface area contributed by atoms with E-state index in [1.54, 1.807) is 0 Å². The Labute approximate surface area is 284 Å². The smallest absolute Gasteiger partial charge is 0.308 e. The molecule has 2 aliphatic rings. The van der Waals surface area contributed by atoms with E-state index in [1.165, 1.54) is 58.5 Å². The van der Waals surface area contributed by atoms with Crippen LogP contribution in [0.3, 0.4) is 0 Å². The second-order valence-corrected chi connectivity index (χ2v) is 13.5. The van der Waals surface area contributed by atoms with E-state index >= 15 is 0 Å². The van der Waals surface area contributed by atoms with Gasteiger partial charge in [0.25, 0.3) is 0 Å². The Bertz CT molecular complexity index is 1920. The van der Waals surface area contributed by atoms with Crippen molar-refractivity contribution in [3.63, 3.8) is 0 Å². The van der Waals surface area contributed by atoms with E-state index in [9.17, 15) is 19.2 Å². The highest BCUT2D eigenvalue weighted by Crippen LogP contribution is 2.50. The largest absolute Gasteiger partial charge is 0.425 e. The molecule has 0 radical (unpaired) electrons. The number of amides is 2. The van der Waals surface area contributed by atoms with Crippen molar-refractivity contribution >= 4 is 101 Å². The number of carbonyl (C=O) groups is 4. The van der Waals surface area contributed by atoms with Crippen molar-refractivity contribution in [2.24, 2.45) is 0 Å². The average Bonchev–Trinajstić information content (AvgIpc) is 3.78. The summed E-state index contributed by atoms with van der Waals surface area (Å²) in [6, 6.07) is 3.05. The lowest BCUT2D eigenvalue weighted by atomic mass is 9.97.